The van der Waals surface area contributed by atoms with Gasteiger partial charge in [0.2, 0.25) is 0 Å². The van der Waals surface area contributed by atoms with Crippen LogP contribution < -0.4 is 0 Å². The molecule has 56 valence electrons. The van der Waals surface area contributed by atoms with Crippen LogP contribution in [0.4, 0.5) is 0 Å². The van der Waals surface area contributed by atoms with Crippen LogP contribution in [0.3, 0.4) is 0 Å². The number of hydrogen-bond acceptors (Lipinski definition) is 0. The molecule has 0 N–H and O–H groups in total. The second-order valence-corrected chi connectivity index (χ2v) is 2.41. The molecule has 0 nitrogen and oxygen atoms in total. The summed E-state index contributed by atoms with van der Waals surface area (Å²) in [5.41, 5.74) is 1.17. The van der Waals surface area contributed by atoms with E-state index < -0.39 is 0 Å². The molecule has 0 aliphatic carbocycles. The van der Waals surface area contributed by atoms with Crippen LogP contribution in [0.1, 0.15) is 39.5 Å². The second-order valence-electron chi connectivity index (χ2n) is 2.41. The van der Waals surface area contributed by atoms with Crippen LogP contribution in [0.5, 0.6) is 0 Å². The standard InChI is InChI=1S/C10H16/c1-4-7-9-10(6-3)8-5-2/h3,9H,4-5,7-8H2,1-2H3/b10-9-. The summed E-state index contributed by atoms with van der Waals surface area (Å²) in [6.45, 7) is 4.31. The van der Waals surface area contributed by atoms with Gasteiger partial charge in [-0.05, 0) is 18.4 Å². The van der Waals surface area contributed by atoms with E-state index in [2.05, 4.69) is 25.8 Å². The lowest BCUT2D eigenvalue weighted by Gasteiger charge is -1.94. The Bertz CT molecular complexity index is 135. The summed E-state index contributed by atoms with van der Waals surface area (Å²) in [7, 11) is 0. The molecule has 0 aromatic rings. The summed E-state index contributed by atoms with van der Waals surface area (Å²) >= 11 is 0. The van der Waals surface area contributed by atoms with Crippen molar-refractivity contribution in [1.82, 2.24) is 0 Å². The first-order valence-corrected chi connectivity index (χ1v) is 4.00. The highest BCUT2D eigenvalue weighted by Crippen LogP contribution is 2.04. The quantitative estimate of drug-likeness (QED) is 0.521. The third-order valence-electron chi connectivity index (χ3n) is 1.38. The molecule has 10 heavy (non-hydrogen) atoms. The molecule has 0 saturated heterocycles. The van der Waals surface area contributed by atoms with E-state index in [1.54, 1.807) is 0 Å². The smallest absolute Gasteiger partial charge is 0.00224 e. The molecule has 0 amide bonds. The van der Waals surface area contributed by atoms with Gasteiger partial charge in [-0.2, -0.15) is 0 Å². The molecule has 0 bridgehead atoms. The third kappa shape index (κ3) is 4.21. The van der Waals surface area contributed by atoms with Gasteiger partial charge in [-0.25, -0.2) is 0 Å². The van der Waals surface area contributed by atoms with Gasteiger partial charge in [0.25, 0.3) is 0 Å². The average molecular weight is 136 g/mol. The van der Waals surface area contributed by atoms with Crippen LogP contribution in [0.25, 0.3) is 0 Å². The highest BCUT2D eigenvalue weighted by atomic mass is 13.9. The number of hydrogen-bond donors (Lipinski definition) is 0. The van der Waals surface area contributed by atoms with Gasteiger partial charge in [0.05, 0.1) is 0 Å². The molecule has 0 aromatic heterocycles. The Morgan fingerprint density at radius 1 is 1.40 bits per heavy atom. The Morgan fingerprint density at radius 2 is 2.10 bits per heavy atom. The van der Waals surface area contributed by atoms with Gasteiger partial charge in [-0.1, -0.05) is 38.7 Å². The maximum atomic E-state index is 5.28. The van der Waals surface area contributed by atoms with E-state index in [1.807, 2.05) is 0 Å². The Labute approximate surface area is 64.3 Å². The van der Waals surface area contributed by atoms with Gasteiger partial charge >= 0.3 is 0 Å². The van der Waals surface area contributed by atoms with E-state index in [9.17, 15) is 0 Å². The van der Waals surface area contributed by atoms with Gasteiger partial charge in [0, 0.05) is 0 Å². The van der Waals surface area contributed by atoms with E-state index in [0.29, 0.717) is 0 Å². The highest BCUT2D eigenvalue weighted by molar-refractivity contribution is 5.24. The summed E-state index contributed by atoms with van der Waals surface area (Å²) in [6.07, 6.45) is 12.0. The predicted octanol–water partition coefficient (Wildman–Crippen LogP) is 3.15. The largest absolute Gasteiger partial charge is 0.115 e. The first-order valence-electron chi connectivity index (χ1n) is 4.00. The first-order chi connectivity index (χ1) is 4.85. The van der Waals surface area contributed by atoms with Crippen molar-refractivity contribution in [2.24, 2.45) is 0 Å². The third-order valence-corrected chi connectivity index (χ3v) is 1.38. The fourth-order valence-electron chi connectivity index (χ4n) is 0.821. The SMILES string of the molecule is C#C/C(=C/CCC)CCC. The summed E-state index contributed by atoms with van der Waals surface area (Å²) in [4.78, 5) is 0. The van der Waals surface area contributed by atoms with Crippen LogP contribution in [-0.2, 0) is 0 Å². The van der Waals surface area contributed by atoms with Gasteiger partial charge in [0.1, 0.15) is 0 Å². The minimum Gasteiger partial charge on any atom is -0.115 e. The first kappa shape index (κ1) is 9.30. The van der Waals surface area contributed by atoms with Crippen LogP contribution in [-0.4, -0.2) is 0 Å². The monoisotopic (exact) mass is 136 g/mol. The number of unbranched alkanes of at least 4 members (excludes halogenated alkanes) is 1. The zero-order valence-corrected chi connectivity index (χ0v) is 6.98. The lowest BCUT2D eigenvalue weighted by molar-refractivity contribution is 0.900. The lowest BCUT2D eigenvalue weighted by atomic mass is 10.1. The van der Waals surface area contributed by atoms with Crippen molar-refractivity contribution in [3.05, 3.63) is 11.6 Å². The van der Waals surface area contributed by atoms with E-state index >= 15 is 0 Å². The maximum absolute atomic E-state index is 5.28. The molecule has 0 saturated carbocycles. The molecular weight excluding hydrogens is 120 g/mol. The van der Waals surface area contributed by atoms with Crippen molar-refractivity contribution in [2.75, 3.05) is 0 Å². The molecule has 0 heterocycles. The van der Waals surface area contributed by atoms with E-state index in [1.165, 1.54) is 12.0 Å². The Morgan fingerprint density at radius 3 is 2.50 bits per heavy atom. The topological polar surface area (TPSA) is 0 Å². The minimum absolute atomic E-state index is 1.07. The van der Waals surface area contributed by atoms with Crippen LogP contribution >= 0.6 is 0 Å². The molecule has 0 aromatic carbocycles. The molecule has 0 aliphatic rings. The number of rotatable bonds is 4. The second kappa shape index (κ2) is 6.42. The zero-order chi connectivity index (χ0) is 7.82. The van der Waals surface area contributed by atoms with E-state index in [0.717, 1.165) is 19.3 Å². The molecule has 0 radical (unpaired) electrons. The maximum Gasteiger partial charge on any atom is -0.00224 e. The van der Waals surface area contributed by atoms with E-state index in [-0.39, 0.29) is 0 Å². The molecular formula is C10H16. The summed E-state index contributed by atoms with van der Waals surface area (Å²) in [5, 5.41) is 0. The van der Waals surface area contributed by atoms with Gasteiger partial charge < -0.3 is 0 Å². The van der Waals surface area contributed by atoms with Gasteiger partial charge in [-0.15, -0.1) is 6.42 Å². The van der Waals surface area contributed by atoms with Crippen molar-refractivity contribution in [2.45, 2.75) is 39.5 Å². The van der Waals surface area contributed by atoms with Gasteiger partial charge in [0.15, 0.2) is 0 Å². The Hall–Kier alpha value is -0.700. The Balaban J connectivity index is 3.70. The predicted molar refractivity (Wildman–Crippen MR) is 46.7 cm³/mol. The molecule has 0 rings (SSSR count). The molecule has 0 unspecified atom stereocenters. The average Bonchev–Trinajstić information content (AvgIpc) is 1.98. The summed E-state index contributed by atoms with van der Waals surface area (Å²) in [6, 6.07) is 0. The normalized spacial score (nSPS) is 11.1. The Kier molecular flexibility index (Phi) is 5.97. The molecule has 0 spiro atoms. The number of terminal acetylenes is 1. The van der Waals surface area contributed by atoms with Crippen molar-refractivity contribution >= 4 is 0 Å². The van der Waals surface area contributed by atoms with Gasteiger partial charge in [-0.3, -0.25) is 0 Å². The van der Waals surface area contributed by atoms with Crippen LogP contribution in [0.2, 0.25) is 0 Å². The molecule has 0 aliphatic heterocycles. The van der Waals surface area contributed by atoms with Crippen LogP contribution in [0.15, 0.2) is 11.6 Å². The van der Waals surface area contributed by atoms with Crippen molar-refractivity contribution < 1.29 is 0 Å². The molecule has 0 heteroatoms. The van der Waals surface area contributed by atoms with Crippen molar-refractivity contribution in [3.63, 3.8) is 0 Å². The zero-order valence-electron chi connectivity index (χ0n) is 6.98. The van der Waals surface area contributed by atoms with Crippen molar-refractivity contribution in [1.29, 1.82) is 0 Å². The number of allylic oxidation sites excluding steroid dienone is 2. The summed E-state index contributed by atoms with van der Waals surface area (Å²) < 4.78 is 0. The van der Waals surface area contributed by atoms with Crippen molar-refractivity contribution in [3.8, 4) is 12.3 Å². The minimum atomic E-state index is 1.07. The molecule has 0 atom stereocenters. The van der Waals surface area contributed by atoms with E-state index in [4.69, 9.17) is 6.42 Å². The molecule has 0 fully saturated rings. The fraction of sp³-hybridized carbons (Fsp3) is 0.600. The highest BCUT2D eigenvalue weighted by Gasteiger charge is 1.87. The van der Waals surface area contributed by atoms with Crippen LogP contribution in [0, 0.1) is 12.3 Å². The fourth-order valence-corrected chi connectivity index (χ4v) is 0.821. The lowest BCUT2D eigenvalue weighted by Crippen LogP contribution is -1.77. The summed E-state index contributed by atoms with van der Waals surface area (Å²) in [5.74, 6) is 2.70.